The first-order chi connectivity index (χ1) is 11.1. The lowest BCUT2D eigenvalue weighted by molar-refractivity contribution is 0.224. The molecule has 0 amide bonds. The van der Waals surface area contributed by atoms with Gasteiger partial charge in [-0.2, -0.15) is 0 Å². The van der Waals surface area contributed by atoms with Gasteiger partial charge in [0.05, 0.1) is 6.54 Å². The Morgan fingerprint density at radius 3 is 2.61 bits per heavy atom. The van der Waals surface area contributed by atoms with E-state index in [0.29, 0.717) is 6.04 Å². The van der Waals surface area contributed by atoms with Crippen LogP contribution in [0.25, 0.3) is 11.0 Å². The van der Waals surface area contributed by atoms with Gasteiger partial charge in [-0.05, 0) is 67.4 Å². The van der Waals surface area contributed by atoms with E-state index in [4.69, 9.17) is 15.9 Å². The summed E-state index contributed by atoms with van der Waals surface area (Å²) in [4.78, 5) is 2.36. The van der Waals surface area contributed by atoms with Gasteiger partial charge in [0.1, 0.15) is 11.3 Å². The maximum absolute atomic E-state index is 5.93. The van der Waals surface area contributed by atoms with Crippen LogP contribution in [0.3, 0.4) is 0 Å². The van der Waals surface area contributed by atoms with E-state index in [1.165, 1.54) is 11.1 Å². The second-order valence-corrected chi connectivity index (χ2v) is 6.52. The Morgan fingerprint density at radius 2 is 1.74 bits per heavy atom. The molecule has 4 heteroatoms. The molecule has 2 aromatic carbocycles. The minimum absolute atomic E-state index is 0.491. The third-order valence-corrected chi connectivity index (χ3v) is 4.76. The van der Waals surface area contributed by atoms with Gasteiger partial charge in [-0.3, -0.25) is 4.90 Å². The zero-order chi connectivity index (χ0) is 16.0. The first-order valence-electron chi connectivity index (χ1n) is 7.94. The van der Waals surface area contributed by atoms with Crippen LogP contribution in [0, 0.1) is 0 Å². The van der Waals surface area contributed by atoms with Crippen LogP contribution < -0.4 is 11.5 Å². The van der Waals surface area contributed by atoms with Crippen LogP contribution in [-0.4, -0.2) is 18.0 Å². The predicted octanol–water partition coefficient (Wildman–Crippen LogP) is 3.20. The molecule has 0 aliphatic heterocycles. The molecular weight excluding hydrogens is 286 g/mol. The van der Waals surface area contributed by atoms with Crippen molar-refractivity contribution < 1.29 is 4.42 Å². The van der Waals surface area contributed by atoms with Crippen molar-refractivity contribution in [2.45, 2.75) is 25.4 Å². The fourth-order valence-electron chi connectivity index (χ4n) is 3.50. The molecule has 1 aliphatic rings. The number of nitrogens with zero attached hydrogens (tertiary/aromatic N) is 1. The Hall–Kier alpha value is -2.46. The smallest absolute Gasteiger partial charge is 0.134 e. The molecule has 0 fully saturated rings. The van der Waals surface area contributed by atoms with Crippen LogP contribution in [0.5, 0.6) is 0 Å². The molecule has 1 heterocycles. The van der Waals surface area contributed by atoms with Crippen LogP contribution in [0.15, 0.2) is 46.9 Å². The minimum atomic E-state index is 0.491. The molecule has 118 valence electrons. The Bertz CT molecular complexity index is 868. The van der Waals surface area contributed by atoms with Crippen LogP contribution >= 0.6 is 0 Å². The number of nitrogens with two attached hydrogens (primary N) is 2. The SMILES string of the molecule is CN(Cc1cc2cc(N)ccc2o1)C1Cc2ccc(N)cc2C1. The number of rotatable bonds is 3. The van der Waals surface area contributed by atoms with Crippen molar-refractivity contribution in [3.8, 4) is 0 Å². The summed E-state index contributed by atoms with van der Waals surface area (Å²) in [6.07, 6.45) is 2.11. The van der Waals surface area contributed by atoms with Crippen LogP contribution in [0.1, 0.15) is 16.9 Å². The first-order valence-corrected chi connectivity index (χ1v) is 7.94. The molecule has 0 saturated heterocycles. The average molecular weight is 307 g/mol. The second-order valence-electron chi connectivity index (χ2n) is 6.52. The number of nitrogen functional groups attached to an aromatic ring is 2. The largest absolute Gasteiger partial charge is 0.460 e. The van der Waals surface area contributed by atoms with Gasteiger partial charge in [-0.25, -0.2) is 0 Å². The van der Waals surface area contributed by atoms with E-state index in [0.717, 1.165) is 47.5 Å². The molecule has 4 nitrogen and oxygen atoms in total. The summed E-state index contributed by atoms with van der Waals surface area (Å²) in [5.74, 6) is 0.976. The number of furan rings is 1. The molecule has 1 unspecified atom stereocenters. The van der Waals surface area contributed by atoms with Gasteiger partial charge in [0.15, 0.2) is 0 Å². The third kappa shape index (κ3) is 2.66. The van der Waals surface area contributed by atoms with E-state index < -0.39 is 0 Å². The van der Waals surface area contributed by atoms with E-state index in [1.54, 1.807) is 0 Å². The number of likely N-dealkylation sites (N-methyl/N-ethyl adjacent to an activating group) is 1. The van der Waals surface area contributed by atoms with Gasteiger partial charge in [0.25, 0.3) is 0 Å². The fraction of sp³-hybridized carbons (Fsp3) is 0.263. The van der Waals surface area contributed by atoms with E-state index in [1.807, 2.05) is 24.3 Å². The number of anilines is 2. The molecule has 4 N–H and O–H groups in total. The lowest BCUT2D eigenvalue weighted by Crippen LogP contribution is -2.31. The van der Waals surface area contributed by atoms with Crippen molar-refractivity contribution in [2.75, 3.05) is 18.5 Å². The van der Waals surface area contributed by atoms with Crippen LogP contribution in [0.4, 0.5) is 11.4 Å². The highest BCUT2D eigenvalue weighted by Gasteiger charge is 2.25. The maximum atomic E-state index is 5.93. The number of benzene rings is 2. The monoisotopic (exact) mass is 307 g/mol. The topological polar surface area (TPSA) is 68.4 Å². The average Bonchev–Trinajstić information content (AvgIpc) is 3.09. The maximum Gasteiger partial charge on any atom is 0.134 e. The molecule has 0 radical (unpaired) electrons. The van der Waals surface area contributed by atoms with Crippen LogP contribution in [-0.2, 0) is 19.4 Å². The van der Waals surface area contributed by atoms with Gasteiger partial charge >= 0.3 is 0 Å². The molecule has 4 rings (SSSR count). The highest BCUT2D eigenvalue weighted by Crippen LogP contribution is 2.28. The quantitative estimate of drug-likeness (QED) is 0.729. The molecule has 1 aliphatic carbocycles. The predicted molar refractivity (Wildman–Crippen MR) is 94.1 cm³/mol. The molecule has 0 spiro atoms. The minimum Gasteiger partial charge on any atom is -0.460 e. The Balaban J connectivity index is 1.50. The van der Waals surface area contributed by atoms with E-state index >= 15 is 0 Å². The first kappa shape index (κ1) is 14.2. The van der Waals surface area contributed by atoms with Crippen molar-refractivity contribution in [3.05, 3.63) is 59.4 Å². The summed E-state index contributed by atoms with van der Waals surface area (Å²) in [5, 5.41) is 1.07. The lowest BCUT2D eigenvalue weighted by atomic mass is 10.1. The Morgan fingerprint density at radius 1 is 1.00 bits per heavy atom. The molecule has 23 heavy (non-hydrogen) atoms. The molecule has 0 saturated carbocycles. The highest BCUT2D eigenvalue weighted by atomic mass is 16.3. The molecule has 0 bridgehead atoms. The van der Waals surface area contributed by atoms with E-state index in [-0.39, 0.29) is 0 Å². The fourth-order valence-corrected chi connectivity index (χ4v) is 3.50. The van der Waals surface area contributed by atoms with E-state index in [9.17, 15) is 0 Å². The number of hydrogen-bond acceptors (Lipinski definition) is 4. The second kappa shape index (κ2) is 5.32. The molecule has 1 aromatic heterocycles. The zero-order valence-corrected chi connectivity index (χ0v) is 13.3. The normalized spacial score (nSPS) is 17.0. The van der Waals surface area contributed by atoms with Gasteiger partial charge in [0.2, 0.25) is 0 Å². The lowest BCUT2D eigenvalue weighted by Gasteiger charge is -2.22. The van der Waals surface area contributed by atoms with Crippen LogP contribution in [0.2, 0.25) is 0 Å². The summed E-state index contributed by atoms with van der Waals surface area (Å²) < 4.78 is 5.93. The van der Waals surface area contributed by atoms with Gasteiger partial charge in [-0.15, -0.1) is 0 Å². The van der Waals surface area contributed by atoms with Crippen molar-refractivity contribution in [1.82, 2.24) is 4.90 Å². The van der Waals surface area contributed by atoms with Gasteiger partial charge in [0, 0.05) is 22.8 Å². The summed E-state index contributed by atoms with van der Waals surface area (Å²) in [5.41, 5.74) is 17.0. The van der Waals surface area contributed by atoms with E-state index in [2.05, 4.69) is 30.1 Å². The third-order valence-electron chi connectivity index (χ3n) is 4.76. The number of hydrogen-bond donors (Lipinski definition) is 2. The van der Waals surface area contributed by atoms with Gasteiger partial charge in [-0.1, -0.05) is 6.07 Å². The summed E-state index contributed by atoms with van der Waals surface area (Å²) in [7, 11) is 2.15. The van der Waals surface area contributed by atoms with Crippen molar-refractivity contribution >= 4 is 22.3 Å². The van der Waals surface area contributed by atoms with Gasteiger partial charge < -0.3 is 15.9 Å². The van der Waals surface area contributed by atoms with Crippen molar-refractivity contribution in [3.63, 3.8) is 0 Å². The molecule has 3 aromatic rings. The van der Waals surface area contributed by atoms with Crippen molar-refractivity contribution in [1.29, 1.82) is 0 Å². The highest BCUT2D eigenvalue weighted by molar-refractivity contribution is 5.81. The number of fused-ring (bicyclic) bond motifs is 2. The summed E-state index contributed by atoms with van der Waals surface area (Å²) >= 11 is 0. The standard InChI is InChI=1S/C19H21N3O/c1-22(17-8-12-2-3-15(20)6-13(12)9-17)11-18-10-14-7-16(21)4-5-19(14)23-18/h2-7,10,17H,8-9,11,20-21H2,1H3. The molecular formula is C19H21N3O. The van der Waals surface area contributed by atoms with Crippen molar-refractivity contribution in [2.24, 2.45) is 0 Å². The summed E-state index contributed by atoms with van der Waals surface area (Å²) in [6.45, 7) is 0.794. The Labute approximate surface area is 135 Å². The molecule has 1 atom stereocenters. The zero-order valence-electron chi connectivity index (χ0n) is 13.3. The summed E-state index contributed by atoms with van der Waals surface area (Å²) in [6, 6.07) is 14.6. The Kier molecular flexibility index (Phi) is 3.27.